The Kier molecular flexibility index (Phi) is 3.93. The molecule has 0 spiro atoms. The molecule has 6 heteroatoms. The Balaban J connectivity index is 2.19. The lowest BCUT2D eigenvalue weighted by atomic mass is 10.1. The van der Waals surface area contributed by atoms with Crippen molar-refractivity contribution in [2.75, 3.05) is 6.61 Å². The molecule has 1 atom stereocenters. The molecule has 112 valence electrons. The van der Waals surface area contributed by atoms with Crippen molar-refractivity contribution in [1.29, 1.82) is 0 Å². The van der Waals surface area contributed by atoms with Crippen LogP contribution in [0.3, 0.4) is 0 Å². The summed E-state index contributed by atoms with van der Waals surface area (Å²) in [5, 5.41) is 9.44. The van der Waals surface area contributed by atoms with E-state index in [1.807, 2.05) is 11.5 Å². The van der Waals surface area contributed by atoms with E-state index in [9.17, 15) is 9.50 Å². The number of halogens is 1. The first-order valence-corrected chi connectivity index (χ1v) is 6.90. The van der Waals surface area contributed by atoms with E-state index >= 15 is 0 Å². The van der Waals surface area contributed by atoms with Crippen molar-refractivity contribution >= 4 is 0 Å². The maximum atomic E-state index is 13.1. The quantitative estimate of drug-likeness (QED) is 0.804. The summed E-state index contributed by atoms with van der Waals surface area (Å²) in [4.78, 5) is 12.6. The molecule has 0 bridgehead atoms. The molecule has 3 rings (SSSR count). The van der Waals surface area contributed by atoms with Crippen molar-refractivity contribution in [3.63, 3.8) is 0 Å². The van der Waals surface area contributed by atoms with Crippen LogP contribution in [-0.4, -0.2) is 31.2 Å². The van der Waals surface area contributed by atoms with Gasteiger partial charge in [-0.25, -0.2) is 19.3 Å². The molecule has 0 unspecified atom stereocenters. The van der Waals surface area contributed by atoms with Crippen LogP contribution in [0.4, 0.5) is 4.39 Å². The molecule has 0 saturated heterocycles. The monoisotopic (exact) mass is 298 g/mol. The summed E-state index contributed by atoms with van der Waals surface area (Å²) in [6.07, 6.45) is 4.78. The predicted octanol–water partition coefficient (Wildman–Crippen LogP) is 2.70. The number of benzene rings is 1. The Labute approximate surface area is 127 Å². The summed E-state index contributed by atoms with van der Waals surface area (Å²) >= 11 is 0. The van der Waals surface area contributed by atoms with Crippen LogP contribution in [0, 0.1) is 5.82 Å². The molecule has 2 aromatic heterocycles. The van der Waals surface area contributed by atoms with Crippen LogP contribution < -0.4 is 0 Å². The van der Waals surface area contributed by atoms with E-state index in [1.54, 1.807) is 30.7 Å². The number of aliphatic hydroxyl groups excluding tert-OH is 1. The third-order valence-electron chi connectivity index (χ3n) is 3.48. The molecular weight excluding hydrogens is 283 g/mol. The molecule has 1 N–H and O–H groups in total. The summed E-state index contributed by atoms with van der Waals surface area (Å²) in [6, 6.07) is 7.78. The molecule has 0 saturated carbocycles. The van der Waals surface area contributed by atoms with E-state index in [-0.39, 0.29) is 18.5 Å². The Hall–Kier alpha value is -2.60. The van der Waals surface area contributed by atoms with Gasteiger partial charge < -0.3 is 9.67 Å². The fourth-order valence-electron chi connectivity index (χ4n) is 2.29. The fraction of sp³-hybridized carbons (Fsp3) is 0.188. The topological polar surface area (TPSA) is 63.8 Å². The summed E-state index contributed by atoms with van der Waals surface area (Å²) in [7, 11) is 0. The molecule has 0 aliphatic carbocycles. The van der Waals surface area contributed by atoms with Gasteiger partial charge in [0.25, 0.3) is 0 Å². The second-order valence-electron chi connectivity index (χ2n) is 4.98. The number of hydrogen-bond acceptors (Lipinski definition) is 4. The fourth-order valence-corrected chi connectivity index (χ4v) is 2.29. The van der Waals surface area contributed by atoms with Crippen molar-refractivity contribution < 1.29 is 9.50 Å². The number of imidazole rings is 1. The highest BCUT2D eigenvalue weighted by Crippen LogP contribution is 2.31. The molecule has 0 radical (unpaired) electrons. The largest absolute Gasteiger partial charge is 0.394 e. The third kappa shape index (κ3) is 2.60. The van der Waals surface area contributed by atoms with Crippen molar-refractivity contribution in [3.05, 3.63) is 55.0 Å². The summed E-state index contributed by atoms with van der Waals surface area (Å²) in [5.74, 6) is -0.296. The van der Waals surface area contributed by atoms with Crippen molar-refractivity contribution in [3.8, 4) is 22.6 Å². The highest BCUT2D eigenvalue weighted by molar-refractivity contribution is 5.76. The lowest BCUT2D eigenvalue weighted by Gasteiger charge is -2.14. The SMILES string of the molecule is C[C@@H](CO)n1cnc(-c2ccc(F)cc2)c1-c1ccncn1. The highest BCUT2D eigenvalue weighted by Gasteiger charge is 2.18. The van der Waals surface area contributed by atoms with Gasteiger partial charge >= 0.3 is 0 Å². The normalized spacial score (nSPS) is 12.3. The molecule has 22 heavy (non-hydrogen) atoms. The minimum absolute atomic E-state index is 0.0166. The molecular formula is C16H15FN4O. The van der Waals surface area contributed by atoms with E-state index in [4.69, 9.17) is 0 Å². The van der Waals surface area contributed by atoms with Gasteiger partial charge in [-0.1, -0.05) is 0 Å². The Morgan fingerprint density at radius 2 is 1.95 bits per heavy atom. The van der Waals surface area contributed by atoms with Crippen LogP contribution in [0.5, 0.6) is 0 Å². The Morgan fingerprint density at radius 1 is 1.18 bits per heavy atom. The second-order valence-corrected chi connectivity index (χ2v) is 4.98. The van der Waals surface area contributed by atoms with Crippen LogP contribution in [0.25, 0.3) is 22.6 Å². The average Bonchev–Trinajstić information content (AvgIpc) is 3.00. The first kappa shape index (κ1) is 14.3. The zero-order valence-corrected chi connectivity index (χ0v) is 12.0. The number of rotatable bonds is 4. The molecule has 0 fully saturated rings. The number of hydrogen-bond donors (Lipinski definition) is 1. The maximum Gasteiger partial charge on any atom is 0.123 e. The van der Waals surface area contributed by atoms with Gasteiger partial charge in [-0.3, -0.25) is 0 Å². The van der Waals surface area contributed by atoms with Crippen LogP contribution in [-0.2, 0) is 0 Å². The Morgan fingerprint density at radius 3 is 2.59 bits per heavy atom. The number of aromatic nitrogens is 4. The molecule has 3 aromatic rings. The van der Waals surface area contributed by atoms with Gasteiger partial charge in [0.05, 0.1) is 36.1 Å². The summed E-state index contributed by atoms with van der Waals surface area (Å²) < 4.78 is 15.0. The van der Waals surface area contributed by atoms with Gasteiger partial charge in [0.2, 0.25) is 0 Å². The lowest BCUT2D eigenvalue weighted by Crippen LogP contribution is -2.10. The van der Waals surface area contributed by atoms with Gasteiger partial charge in [-0.2, -0.15) is 0 Å². The second kappa shape index (κ2) is 6.03. The van der Waals surface area contributed by atoms with E-state index in [0.717, 1.165) is 11.3 Å². The molecule has 0 amide bonds. The molecule has 1 aromatic carbocycles. The zero-order valence-electron chi connectivity index (χ0n) is 12.0. The highest BCUT2D eigenvalue weighted by atomic mass is 19.1. The van der Waals surface area contributed by atoms with Crippen LogP contribution in [0.2, 0.25) is 0 Å². The third-order valence-corrected chi connectivity index (χ3v) is 3.48. The molecule has 0 aliphatic rings. The van der Waals surface area contributed by atoms with E-state index in [0.29, 0.717) is 11.4 Å². The zero-order chi connectivity index (χ0) is 15.5. The first-order chi connectivity index (χ1) is 10.7. The number of aliphatic hydroxyl groups is 1. The van der Waals surface area contributed by atoms with E-state index in [1.165, 1.54) is 18.5 Å². The van der Waals surface area contributed by atoms with Crippen molar-refractivity contribution in [2.45, 2.75) is 13.0 Å². The van der Waals surface area contributed by atoms with E-state index < -0.39 is 0 Å². The van der Waals surface area contributed by atoms with Gasteiger partial charge in [-0.05, 0) is 37.3 Å². The maximum absolute atomic E-state index is 13.1. The Bertz CT molecular complexity index is 756. The number of nitrogens with zero attached hydrogens (tertiary/aromatic N) is 4. The average molecular weight is 298 g/mol. The molecule has 5 nitrogen and oxygen atoms in total. The van der Waals surface area contributed by atoms with Gasteiger partial charge in [0.15, 0.2) is 0 Å². The van der Waals surface area contributed by atoms with Crippen molar-refractivity contribution in [2.24, 2.45) is 0 Å². The standard InChI is InChI=1S/C16H15FN4O/c1-11(8-22)21-10-20-15(12-2-4-13(17)5-3-12)16(21)14-6-7-18-9-19-14/h2-7,9-11,22H,8H2,1H3/t11-/m0/s1. The van der Waals surface area contributed by atoms with E-state index in [2.05, 4.69) is 15.0 Å². The minimum atomic E-state index is -0.296. The minimum Gasteiger partial charge on any atom is -0.394 e. The summed E-state index contributed by atoms with van der Waals surface area (Å²) in [6.45, 7) is 1.87. The first-order valence-electron chi connectivity index (χ1n) is 6.90. The summed E-state index contributed by atoms with van der Waals surface area (Å²) in [5.41, 5.74) is 2.96. The molecule has 0 aliphatic heterocycles. The van der Waals surface area contributed by atoms with Gasteiger partial charge in [-0.15, -0.1) is 0 Å². The predicted molar refractivity (Wildman–Crippen MR) is 80.4 cm³/mol. The van der Waals surface area contributed by atoms with Crippen LogP contribution >= 0.6 is 0 Å². The van der Waals surface area contributed by atoms with Gasteiger partial charge in [0, 0.05) is 11.8 Å². The smallest absolute Gasteiger partial charge is 0.123 e. The lowest BCUT2D eigenvalue weighted by molar-refractivity contribution is 0.239. The molecule has 2 heterocycles. The van der Waals surface area contributed by atoms with Crippen molar-refractivity contribution in [1.82, 2.24) is 19.5 Å². The van der Waals surface area contributed by atoms with Crippen LogP contribution in [0.1, 0.15) is 13.0 Å². The van der Waals surface area contributed by atoms with Gasteiger partial charge in [0.1, 0.15) is 12.1 Å². The van der Waals surface area contributed by atoms with Crippen LogP contribution in [0.15, 0.2) is 49.2 Å².